The Balaban J connectivity index is 2.34. The van der Waals surface area contributed by atoms with E-state index < -0.39 is 0 Å². The number of hydrogen-bond donors (Lipinski definition) is 1. The summed E-state index contributed by atoms with van der Waals surface area (Å²) in [6.45, 7) is 6.36. The number of nitrogens with one attached hydrogen (secondary N) is 1. The van der Waals surface area contributed by atoms with E-state index in [-0.39, 0.29) is 0 Å². The molecule has 19 heavy (non-hydrogen) atoms. The zero-order chi connectivity index (χ0) is 14.0. The van der Waals surface area contributed by atoms with Gasteiger partial charge in [0.05, 0.1) is 5.69 Å². The lowest BCUT2D eigenvalue weighted by atomic mass is 10.1. The molecule has 1 aliphatic rings. The van der Waals surface area contributed by atoms with Gasteiger partial charge in [-0.1, -0.05) is 29.5 Å². The highest BCUT2D eigenvalue weighted by molar-refractivity contribution is 8.14. The lowest BCUT2D eigenvalue weighted by Crippen LogP contribution is -2.42. The molecule has 0 aromatic heterocycles. The Morgan fingerprint density at radius 2 is 2.21 bits per heavy atom. The molecule has 1 unspecified atom stereocenters. The van der Waals surface area contributed by atoms with Gasteiger partial charge in [0, 0.05) is 18.8 Å². The van der Waals surface area contributed by atoms with Gasteiger partial charge in [-0.05, 0) is 44.6 Å². The van der Waals surface area contributed by atoms with Crippen molar-refractivity contribution in [3.8, 4) is 0 Å². The van der Waals surface area contributed by atoms with Crippen LogP contribution in [0.15, 0.2) is 23.2 Å². The molecule has 1 atom stereocenters. The average Bonchev–Trinajstić information content (AvgIpc) is 2.73. The van der Waals surface area contributed by atoms with Gasteiger partial charge in [0.1, 0.15) is 0 Å². The number of hydrogen-bond acceptors (Lipinski definition) is 3. The van der Waals surface area contributed by atoms with Crippen LogP contribution < -0.4 is 5.32 Å². The van der Waals surface area contributed by atoms with E-state index in [0.717, 1.165) is 21.7 Å². The molecule has 0 amide bonds. The first-order chi connectivity index (χ1) is 9.02. The van der Waals surface area contributed by atoms with Crippen molar-refractivity contribution in [1.82, 2.24) is 10.2 Å². The minimum Gasteiger partial charge on any atom is -0.365 e. The third-order valence-corrected chi connectivity index (χ3v) is 4.70. The molecule has 1 fully saturated rings. The van der Waals surface area contributed by atoms with Crippen LogP contribution in [-0.2, 0) is 0 Å². The molecule has 5 heteroatoms. The van der Waals surface area contributed by atoms with E-state index in [4.69, 9.17) is 17.2 Å². The van der Waals surface area contributed by atoms with E-state index >= 15 is 0 Å². The number of thiocarbonyl (C=S) groups is 1. The van der Waals surface area contributed by atoms with Gasteiger partial charge < -0.3 is 5.32 Å². The Kier molecular flexibility index (Phi) is 4.47. The van der Waals surface area contributed by atoms with E-state index in [0.29, 0.717) is 6.04 Å². The molecule has 0 radical (unpaired) electrons. The summed E-state index contributed by atoms with van der Waals surface area (Å²) in [5, 5.41) is 4.76. The summed E-state index contributed by atoms with van der Waals surface area (Å²) in [6.07, 6.45) is 0. The predicted octanol–water partition coefficient (Wildman–Crippen LogP) is 3.23. The largest absolute Gasteiger partial charge is 0.365 e. The first kappa shape index (κ1) is 14.3. The number of aliphatic imine (C=N–C) groups is 1. The highest BCUT2D eigenvalue weighted by Crippen LogP contribution is 2.28. The molecule has 0 aliphatic carbocycles. The Bertz CT molecular complexity index is 525. The minimum absolute atomic E-state index is 0.384. The van der Waals surface area contributed by atoms with Crippen molar-refractivity contribution in [2.75, 3.05) is 12.8 Å². The topological polar surface area (TPSA) is 27.6 Å². The SMILES string of the molecule is CNC(=S)N1C(=Nc2ccc(C)cc2C)SCC1C. The monoisotopic (exact) mass is 293 g/mol. The number of benzene rings is 1. The molecule has 1 N–H and O–H groups in total. The molecule has 3 nitrogen and oxygen atoms in total. The molecule has 0 saturated carbocycles. The Morgan fingerprint density at radius 1 is 1.47 bits per heavy atom. The summed E-state index contributed by atoms with van der Waals surface area (Å²) >= 11 is 7.12. The second kappa shape index (κ2) is 5.92. The quantitative estimate of drug-likeness (QED) is 0.805. The van der Waals surface area contributed by atoms with Crippen LogP contribution in [0.1, 0.15) is 18.1 Å². The second-order valence-corrected chi connectivity index (χ2v) is 6.14. The van der Waals surface area contributed by atoms with E-state index in [1.165, 1.54) is 11.1 Å². The van der Waals surface area contributed by atoms with Crippen molar-refractivity contribution in [3.05, 3.63) is 29.3 Å². The van der Waals surface area contributed by atoms with Gasteiger partial charge in [-0.25, -0.2) is 4.99 Å². The van der Waals surface area contributed by atoms with E-state index in [1.807, 2.05) is 7.05 Å². The maximum Gasteiger partial charge on any atom is 0.175 e. The minimum atomic E-state index is 0.384. The lowest BCUT2D eigenvalue weighted by Gasteiger charge is -2.23. The van der Waals surface area contributed by atoms with Gasteiger partial charge in [-0.15, -0.1) is 0 Å². The molecule has 0 spiro atoms. The van der Waals surface area contributed by atoms with Gasteiger partial charge in [0.2, 0.25) is 0 Å². The van der Waals surface area contributed by atoms with Gasteiger partial charge in [0.25, 0.3) is 0 Å². The smallest absolute Gasteiger partial charge is 0.175 e. The van der Waals surface area contributed by atoms with Crippen molar-refractivity contribution >= 4 is 39.9 Å². The summed E-state index contributed by atoms with van der Waals surface area (Å²) in [5.74, 6) is 1.02. The van der Waals surface area contributed by atoms with Crippen LogP contribution in [0.25, 0.3) is 0 Å². The van der Waals surface area contributed by atoms with Gasteiger partial charge >= 0.3 is 0 Å². The summed E-state index contributed by atoms with van der Waals surface area (Å²) in [7, 11) is 1.85. The van der Waals surface area contributed by atoms with Crippen LogP contribution >= 0.6 is 24.0 Å². The molecular formula is C14H19N3S2. The Hall–Kier alpha value is -1.07. The van der Waals surface area contributed by atoms with E-state index in [9.17, 15) is 0 Å². The standard InChI is InChI=1S/C14H19N3S2/c1-9-5-6-12(10(2)7-9)16-14-17(13(18)15-4)11(3)8-19-14/h5-7,11H,8H2,1-4H3,(H,15,18). The molecule has 1 aromatic rings. The fraction of sp³-hybridized carbons (Fsp3) is 0.429. The molecule has 1 saturated heterocycles. The first-order valence-electron chi connectivity index (χ1n) is 6.32. The number of thioether (sulfide) groups is 1. The van der Waals surface area contributed by atoms with Crippen LogP contribution in [0, 0.1) is 13.8 Å². The normalized spacial score (nSPS) is 20.9. The molecule has 1 aromatic carbocycles. The third kappa shape index (κ3) is 3.09. The van der Waals surface area contributed by atoms with Gasteiger partial charge in [0.15, 0.2) is 10.3 Å². The van der Waals surface area contributed by atoms with Crippen LogP contribution in [0.4, 0.5) is 5.69 Å². The number of rotatable bonds is 1. The van der Waals surface area contributed by atoms with Crippen LogP contribution in [0.2, 0.25) is 0 Å². The number of amidine groups is 1. The molecule has 102 valence electrons. The lowest BCUT2D eigenvalue weighted by molar-refractivity contribution is 0.523. The highest BCUT2D eigenvalue weighted by atomic mass is 32.2. The highest BCUT2D eigenvalue weighted by Gasteiger charge is 2.29. The summed E-state index contributed by atoms with van der Waals surface area (Å²) in [6, 6.07) is 6.70. The molecule has 2 rings (SSSR count). The van der Waals surface area contributed by atoms with Crippen LogP contribution in [0.5, 0.6) is 0 Å². The summed E-state index contributed by atoms with van der Waals surface area (Å²) in [5.41, 5.74) is 3.48. The van der Waals surface area contributed by atoms with Crippen LogP contribution in [-0.4, -0.2) is 34.0 Å². The van der Waals surface area contributed by atoms with Crippen molar-refractivity contribution in [1.29, 1.82) is 0 Å². The summed E-state index contributed by atoms with van der Waals surface area (Å²) < 4.78 is 0. The van der Waals surface area contributed by atoms with Crippen molar-refractivity contribution in [2.24, 2.45) is 4.99 Å². The predicted molar refractivity (Wildman–Crippen MR) is 88.4 cm³/mol. The molecular weight excluding hydrogens is 274 g/mol. The van der Waals surface area contributed by atoms with Gasteiger partial charge in [-0.2, -0.15) is 0 Å². The zero-order valence-corrected chi connectivity index (χ0v) is 13.4. The van der Waals surface area contributed by atoms with Crippen LogP contribution in [0.3, 0.4) is 0 Å². The van der Waals surface area contributed by atoms with Gasteiger partial charge in [-0.3, -0.25) is 4.90 Å². The average molecular weight is 293 g/mol. The number of nitrogens with zero attached hydrogens (tertiary/aromatic N) is 2. The maximum absolute atomic E-state index is 5.36. The van der Waals surface area contributed by atoms with Crippen molar-refractivity contribution in [2.45, 2.75) is 26.8 Å². The molecule has 1 heterocycles. The zero-order valence-electron chi connectivity index (χ0n) is 11.7. The fourth-order valence-electron chi connectivity index (χ4n) is 2.06. The van der Waals surface area contributed by atoms with Crippen molar-refractivity contribution < 1.29 is 0 Å². The first-order valence-corrected chi connectivity index (χ1v) is 7.72. The molecule has 1 aliphatic heterocycles. The fourth-order valence-corrected chi connectivity index (χ4v) is 3.49. The van der Waals surface area contributed by atoms with E-state index in [2.05, 4.69) is 49.2 Å². The second-order valence-electron chi connectivity index (χ2n) is 4.77. The third-order valence-electron chi connectivity index (χ3n) is 3.10. The molecule has 0 bridgehead atoms. The van der Waals surface area contributed by atoms with E-state index in [1.54, 1.807) is 11.8 Å². The maximum atomic E-state index is 5.36. The summed E-state index contributed by atoms with van der Waals surface area (Å²) in [4.78, 5) is 6.87. The Labute approximate surface area is 124 Å². The number of aryl methyl sites for hydroxylation is 2. The van der Waals surface area contributed by atoms with Crippen molar-refractivity contribution in [3.63, 3.8) is 0 Å². The Morgan fingerprint density at radius 3 is 2.84 bits per heavy atom.